The molecule has 0 unspecified atom stereocenters. The minimum atomic E-state index is -2.08. The summed E-state index contributed by atoms with van der Waals surface area (Å²) in [6.07, 6.45) is 30.8. The fraction of sp³-hybridized carbons (Fsp3) is 0.436. The Labute approximate surface area is 507 Å². The lowest BCUT2D eigenvalue weighted by Gasteiger charge is -2.21. The first-order chi connectivity index (χ1) is 42.7. The van der Waals surface area contributed by atoms with E-state index in [9.17, 15) is 0 Å². The summed E-state index contributed by atoms with van der Waals surface area (Å²) in [6.45, 7) is 8.46. The first kappa shape index (κ1) is 50.0. The van der Waals surface area contributed by atoms with E-state index in [1.807, 2.05) is 40.1 Å². The molecule has 0 N–H and O–H groups in total. The van der Waals surface area contributed by atoms with Crippen molar-refractivity contribution in [1.29, 1.82) is 0 Å². The van der Waals surface area contributed by atoms with E-state index in [2.05, 4.69) is 170 Å². The fourth-order valence-corrected chi connectivity index (χ4v) is 13.7. The van der Waals surface area contributed by atoms with E-state index < -0.39 is 25.5 Å². The van der Waals surface area contributed by atoms with Crippen LogP contribution in [0, 0.1) is 55.2 Å². The number of nitrogens with zero attached hydrogens (tertiary/aromatic N) is 4. The monoisotopic (exact) mass is 1100 g/mol. The second-order valence-electron chi connectivity index (χ2n) is 24.7. The highest BCUT2D eigenvalue weighted by molar-refractivity contribution is 5.64. The highest BCUT2D eigenvalue weighted by Gasteiger charge is 2.25. The van der Waals surface area contributed by atoms with Gasteiger partial charge in [0, 0.05) is 79.7 Å². The number of aromatic nitrogens is 4. The number of pyridine rings is 4. The van der Waals surface area contributed by atoms with Gasteiger partial charge in [0.1, 0.15) is 28.2 Å². The van der Waals surface area contributed by atoms with Crippen molar-refractivity contribution in [2.75, 3.05) is 0 Å². The molecule has 0 atom stereocenters. The molecule has 4 saturated carbocycles. The first-order valence-corrected chi connectivity index (χ1v) is 31.1. The summed E-state index contributed by atoms with van der Waals surface area (Å²) < 4.78 is 71.5. The van der Waals surface area contributed by atoms with Gasteiger partial charge in [0.15, 0.2) is 24.8 Å². The van der Waals surface area contributed by atoms with E-state index in [4.69, 9.17) is 11.0 Å². The van der Waals surface area contributed by atoms with Crippen molar-refractivity contribution in [2.24, 2.45) is 28.2 Å². The zero-order valence-corrected chi connectivity index (χ0v) is 51.5. The van der Waals surface area contributed by atoms with Gasteiger partial charge in [0.05, 0.1) is 0 Å². The van der Waals surface area contributed by atoms with Crippen LogP contribution in [0.15, 0.2) is 146 Å². The maximum absolute atomic E-state index is 8.80. The zero-order chi connectivity index (χ0) is 64.7. The number of hydrogen-bond acceptors (Lipinski definition) is 0. The summed E-state index contributed by atoms with van der Waals surface area (Å²) in [5.41, 5.74) is 22.7. The van der Waals surface area contributed by atoms with Crippen molar-refractivity contribution in [1.82, 2.24) is 0 Å². The van der Waals surface area contributed by atoms with Gasteiger partial charge in [0.2, 0.25) is 22.8 Å². The summed E-state index contributed by atoms with van der Waals surface area (Å²) in [5.74, 6) is 0.651. The lowest BCUT2D eigenvalue weighted by atomic mass is 9.84. The average Bonchev–Trinajstić information content (AvgIpc) is 1.08. The molecule has 4 heteroatoms. The van der Waals surface area contributed by atoms with Crippen molar-refractivity contribution in [3.05, 3.63) is 213 Å². The Balaban J connectivity index is 0.000000143. The topological polar surface area (TPSA) is 15.5 Å². The predicted molar refractivity (Wildman–Crippen MR) is 344 cm³/mol. The molecule has 4 aliphatic carbocycles. The lowest BCUT2D eigenvalue weighted by molar-refractivity contribution is -0.661. The van der Waals surface area contributed by atoms with Crippen molar-refractivity contribution in [3.8, 4) is 45.0 Å². The quantitative estimate of drug-likeness (QED) is 0.135. The molecule has 0 saturated heterocycles. The van der Waals surface area contributed by atoms with Gasteiger partial charge in [-0.25, -0.2) is 18.3 Å². The van der Waals surface area contributed by atoms with Gasteiger partial charge in [-0.2, -0.15) is 0 Å². The van der Waals surface area contributed by atoms with Crippen molar-refractivity contribution < 1.29 is 29.2 Å². The Morgan fingerprint density at radius 3 is 0.866 bits per heavy atom. The highest BCUT2D eigenvalue weighted by atomic mass is 14.9. The van der Waals surface area contributed by atoms with Gasteiger partial charge in [0.25, 0.3) is 0 Å². The first-order valence-electron chi connectivity index (χ1n) is 35.1. The SMILES string of the molecule is Cc1ccc(-c2ccc(C3CCCC3)c[n+]2C)c(C)c1.Cc1ccc(-c2ccc(C3CCCCC3)c[n+]2C)c(C)c1.[2H]C([2H])([2H])c1ccc(-c2ccc(C3([2H])CCCC3)c[n+]2C)c(C)c1.[2H]C([2H])([2H])c1ccc(-c2ccc(C3([2H])CCCCC3)c[n+]2C)c(C)c1. The lowest BCUT2D eigenvalue weighted by Crippen LogP contribution is -2.32. The maximum Gasteiger partial charge on any atom is 0.212 e. The van der Waals surface area contributed by atoms with E-state index in [-0.39, 0.29) is 0 Å². The largest absolute Gasteiger partial charge is 0.212 e. The van der Waals surface area contributed by atoms with Gasteiger partial charge >= 0.3 is 0 Å². The van der Waals surface area contributed by atoms with E-state index in [1.165, 1.54) is 120 Å². The number of benzene rings is 4. The molecule has 4 aromatic carbocycles. The third-order valence-corrected chi connectivity index (χ3v) is 18.3. The minimum absolute atomic E-state index is 0.374. The third-order valence-electron chi connectivity index (χ3n) is 18.3. The molecule has 8 aromatic rings. The summed E-state index contributed by atoms with van der Waals surface area (Å²) in [4.78, 5) is 0. The number of rotatable bonds is 8. The molecule has 4 aliphatic rings. The highest BCUT2D eigenvalue weighted by Crippen LogP contribution is 2.37. The summed E-state index contributed by atoms with van der Waals surface area (Å²) in [6, 6.07) is 41.6. The minimum Gasteiger partial charge on any atom is -0.201 e. The molecular weight excluding hydrogens is 993 g/mol. The predicted octanol–water partition coefficient (Wildman–Crippen LogP) is 18.6. The molecule has 4 aromatic heterocycles. The fourth-order valence-electron chi connectivity index (χ4n) is 13.7. The molecule has 0 amide bonds. The van der Waals surface area contributed by atoms with Crippen LogP contribution >= 0.6 is 0 Å². The van der Waals surface area contributed by atoms with Crippen LogP contribution in [0.5, 0.6) is 0 Å². The molecule has 0 spiro atoms. The summed E-state index contributed by atoms with van der Waals surface area (Å²) in [7, 11) is 8.35. The van der Waals surface area contributed by atoms with Crippen molar-refractivity contribution in [3.63, 3.8) is 0 Å². The van der Waals surface area contributed by atoms with E-state index >= 15 is 0 Å². The van der Waals surface area contributed by atoms with Gasteiger partial charge in [-0.3, -0.25) is 0 Å². The molecule has 0 aliphatic heterocycles. The van der Waals surface area contributed by atoms with E-state index in [0.717, 1.165) is 108 Å². The zero-order valence-electron chi connectivity index (χ0n) is 59.5. The van der Waals surface area contributed by atoms with Crippen LogP contribution in [0.4, 0.5) is 0 Å². The van der Waals surface area contributed by atoms with E-state index in [0.29, 0.717) is 11.1 Å². The van der Waals surface area contributed by atoms with Gasteiger partial charge in [-0.15, -0.1) is 0 Å². The number of hydrogen-bond donors (Lipinski definition) is 0. The summed E-state index contributed by atoms with van der Waals surface area (Å²) >= 11 is 0. The van der Waals surface area contributed by atoms with Gasteiger partial charge in [-0.05, 0) is 201 Å². The van der Waals surface area contributed by atoms with Crippen LogP contribution in [-0.4, -0.2) is 0 Å². The Morgan fingerprint density at radius 2 is 0.561 bits per heavy atom. The van der Waals surface area contributed by atoms with Crippen LogP contribution in [0.2, 0.25) is 0 Å². The Kier molecular flexibility index (Phi) is 17.2. The normalized spacial score (nSPS) is 18.5. The number of aryl methyl sites for hydroxylation is 12. The van der Waals surface area contributed by atoms with Crippen LogP contribution in [-0.2, 0) is 28.2 Å². The molecule has 428 valence electrons. The standard InChI is InChI=1S/2C20H26N.2C19H24N/c2*1-15-9-11-19(16(2)13-15)20-12-10-18(14-21(20)3)17-7-5-4-6-8-17;2*1-14-8-10-18(15(2)12-14)19-11-9-17(13-20(19)3)16-6-4-5-7-16/h2*9-14,17H,4-8H2,1-3H3;2*8-13,16H,4-7H2,1-3H3/q4*+1/i1D3,17D;;1D3,16D;. The maximum atomic E-state index is 8.80. The molecule has 4 heterocycles. The van der Waals surface area contributed by atoms with Crippen LogP contribution < -0.4 is 18.3 Å². The molecule has 0 radical (unpaired) electrons. The van der Waals surface area contributed by atoms with Crippen LogP contribution in [0.25, 0.3) is 45.0 Å². The van der Waals surface area contributed by atoms with Gasteiger partial charge in [-0.1, -0.05) is 135 Å². The van der Waals surface area contributed by atoms with Crippen molar-refractivity contribution >= 4 is 0 Å². The Morgan fingerprint density at radius 1 is 0.305 bits per heavy atom. The molecule has 4 nitrogen and oxygen atoms in total. The molecule has 0 bridgehead atoms. The van der Waals surface area contributed by atoms with E-state index in [1.54, 1.807) is 24.3 Å². The van der Waals surface area contributed by atoms with Crippen LogP contribution in [0.1, 0.15) is 217 Å². The van der Waals surface area contributed by atoms with Gasteiger partial charge < -0.3 is 0 Å². The second kappa shape index (κ2) is 28.2. The second-order valence-corrected chi connectivity index (χ2v) is 24.7. The average molecular weight is 1100 g/mol. The van der Waals surface area contributed by atoms with Crippen LogP contribution in [0.3, 0.4) is 0 Å². The Hall–Kier alpha value is -6.52. The smallest absolute Gasteiger partial charge is 0.201 e. The summed E-state index contributed by atoms with van der Waals surface area (Å²) in [5, 5.41) is 0. The molecule has 4 fully saturated rings. The van der Waals surface area contributed by atoms with Crippen molar-refractivity contribution in [2.45, 2.75) is 194 Å². The third kappa shape index (κ3) is 15.2. The molecule has 82 heavy (non-hydrogen) atoms. The Bertz CT molecular complexity index is 3780. The molecular formula is C78H100N4+4. The molecule has 12 rings (SSSR count).